The van der Waals surface area contributed by atoms with Gasteiger partial charge in [0.05, 0.1) is 6.04 Å². The SMILES string of the molecule is Cc1[nH]c2ccc(F)cc2c(=O)c1CN1CCN(C(c2ccccc2)c2ccccc2)CC1. The molecule has 33 heavy (non-hydrogen) atoms. The number of halogens is 1. The molecule has 0 aliphatic carbocycles. The first kappa shape index (κ1) is 21.6. The van der Waals surface area contributed by atoms with Gasteiger partial charge in [0.15, 0.2) is 5.43 Å². The van der Waals surface area contributed by atoms with Crippen LogP contribution in [0, 0.1) is 12.7 Å². The average Bonchev–Trinajstić information content (AvgIpc) is 2.85. The Morgan fingerprint density at radius 1 is 0.879 bits per heavy atom. The first-order chi connectivity index (χ1) is 16.1. The Balaban J connectivity index is 1.35. The van der Waals surface area contributed by atoms with Gasteiger partial charge in [0, 0.05) is 54.9 Å². The summed E-state index contributed by atoms with van der Waals surface area (Å²) in [6.07, 6.45) is 0. The van der Waals surface area contributed by atoms with Gasteiger partial charge in [-0.1, -0.05) is 60.7 Å². The van der Waals surface area contributed by atoms with Crippen LogP contribution in [0.3, 0.4) is 0 Å². The monoisotopic (exact) mass is 441 g/mol. The summed E-state index contributed by atoms with van der Waals surface area (Å²) in [5.74, 6) is -0.385. The lowest BCUT2D eigenvalue weighted by Crippen LogP contribution is -2.47. The van der Waals surface area contributed by atoms with E-state index in [-0.39, 0.29) is 17.3 Å². The molecule has 0 radical (unpaired) electrons. The average molecular weight is 442 g/mol. The second kappa shape index (κ2) is 9.30. The fraction of sp³-hybridized carbons (Fsp3) is 0.250. The van der Waals surface area contributed by atoms with Crippen LogP contribution in [0.4, 0.5) is 4.39 Å². The van der Waals surface area contributed by atoms with E-state index in [2.05, 4.69) is 75.4 Å². The molecule has 4 nitrogen and oxygen atoms in total. The molecular formula is C28H28FN3O. The minimum atomic E-state index is -0.385. The third kappa shape index (κ3) is 4.47. The molecule has 5 rings (SSSR count). The number of hydrogen-bond donors (Lipinski definition) is 1. The summed E-state index contributed by atoms with van der Waals surface area (Å²) in [5.41, 5.74) is 4.77. The van der Waals surface area contributed by atoms with Crippen molar-refractivity contribution in [3.8, 4) is 0 Å². The van der Waals surface area contributed by atoms with Crippen molar-refractivity contribution in [2.45, 2.75) is 19.5 Å². The molecule has 0 atom stereocenters. The van der Waals surface area contributed by atoms with Gasteiger partial charge < -0.3 is 4.98 Å². The van der Waals surface area contributed by atoms with E-state index in [4.69, 9.17) is 0 Å². The molecule has 168 valence electrons. The molecule has 1 fully saturated rings. The largest absolute Gasteiger partial charge is 0.358 e. The fourth-order valence-corrected chi connectivity index (χ4v) is 4.90. The summed E-state index contributed by atoms with van der Waals surface area (Å²) in [5, 5.41) is 0.419. The number of fused-ring (bicyclic) bond motifs is 1. The summed E-state index contributed by atoms with van der Waals surface area (Å²) in [6.45, 7) is 6.06. The predicted molar refractivity (Wildman–Crippen MR) is 131 cm³/mol. The van der Waals surface area contributed by atoms with Gasteiger partial charge in [0.25, 0.3) is 0 Å². The van der Waals surface area contributed by atoms with Crippen LogP contribution in [0.5, 0.6) is 0 Å². The van der Waals surface area contributed by atoms with Gasteiger partial charge in [-0.25, -0.2) is 4.39 Å². The summed E-state index contributed by atoms with van der Waals surface area (Å²) >= 11 is 0. The summed E-state index contributed by atoms with van der Waals surface area (Å²) in [6, 6.07) is 25.8. The van der Waals surface area contributed by atoms with Crippen molar-refractivity contribution >= 4 is 10.9 Å². The van der Waals surface area contributed by atoms with E-state index in [1.54, 1.807) is 6.07 Å². The van der Waals surface area contributed by atoms with Crippen molar-refractivity contribution in [2.75, 3.05) is 26.2 Å². The van der Waals surface area contributed by atoms with E-state index >= 15 is 0 Å². The maximum absolute atomic E-state index is 13.7. The minimum Gasteiger partial charge on any atom is -0.358 e. The molecule has 0 bridgehead atoms. The highest BCUT2D eigenvalue weighted by Gasteiger charge is 2.27. The quantitative estimate of drug-likeness (QED) is 0.480. The van der Waals surface area contributed by atoms with Crippen LogP contribution in [-0.4, -0.2) is 41.0 Å². The van der Waals surface area contributed by atoms with Crippen molar-refractivity contribution in [1.29, 1.82) is 0 Å². The van der Waals surface area contributed by atoms with Gasteiger partial charge in [-0.2, -0.15) is 0 Å². The number of rotatable bonds is 5. The normalized spacial score (nSPS) is 15.4. The van der Waals surface area contributed by atoms with Gasteiger partial charge in [0.2, 0.25) is 0 Å². The molecule has 2 heterocycles. The molecule has 1 aliphatic rings. The fourth-order valence-electron chi connectivity index (χ4n) is 4.90. The molecular weight excluding hydrogens is 413 g/mol. The van der Waals surface area contributed by atoms with Crippen molar-refractivity contribution in [3.63, 3.8) is 0 Å². The van der Waals surface area contributed by atoms with E-state index < -0.39 is 0 Å². The third-order valence-corrected chi connectivity index (χ3v) is 6.66. The maximum Gasteiger partial charge on any atom is 0.194 e. The number of hydrogen-bond acceptors (Lipinski definition) is 3. The van der Waals surface area contributed by atoms with E-state index in [1.807, 2.05) is 6.92 Å². The van der Waals surface area contributed by atoms with Gasteiger partial charge >= 0.3 is 0 Å². The van der Waals surface area contributed by atoms with E-state index in [0.29, 0.717) is 17.4 Å². The summed E-state index contributed by atoms with van der Waals surface area (Å²) in [4.78, 5) is 21.2. The molecule has 0 unspecified atom stereocenters. The topological polar surface area (TPSA) is 39.3 Å². The number of piperazine rings is 1. The van der Waals surface area contributed by atoms with E-state index in [9.17, 15) is 9.18 Å². The Morgan fingerprint density at radius 2 is 1.48 bits per heavy atom. The Morgan fingerprint density at radius 3 is 2.09 bits per heavy atom. The van der Waals surface area contributed by atoms with Crippen molar-refractivity contribution < 1.29 is 4.39 Å². The van der Waals surface area contributed by atoms with Crippen LogP contribution >= 0.6 is 0 Å². The highest BCUT2D eigenvalue weighted by molar-refractivity contribution is 5.79. The number of nitrogens with one attached hydrogen (secondary N) is 1. The number of nitrogens with zero attached hydrogens (tertiary/aromatic N) is 2. The van der Waals surface area contributed by atoms with Crippen molar-refractivity contribution in [2.24, 2.45) is 0 Å². The third-order valence-electron chi connectivity index (χ3n) is 6.66. The molecule has 0 amide bonds. The minimum absolute atomic E-state index is 0.0744. The molecule has 5 heteroatoms. The number of aromatic nitrogens is 1. The molecule has 0 saturated carbocycles. The number of pyridine rings is 1. The van der Waals surface area contributed by atoms with Crippen LogP contribution in [0.15, 0.2) is 83.7 Å². The van der Waals surface area contributed by atoms with Crippen LogP contribution < -0.4 is 5.43 Å². The van der Waals surface area contributed by atoms with E-state index in [0.717, 1.165) is 37.4 Å². The lowest BCUT2D eigenvalue weighted by atomic mass is 9.96. The Bertz CT molecular complexity index is 1260. The standard InChI is InChI=1S/C28H28FN3O/c1-20-25(28(33)24-18-23(29)12-13-26(24)30-20)19-31-14-16-32(17-15-31)27(21-8-4-2-5-9-21)22-10-6-3-7-11-22/h2-13,18,27H,14-17,19H2,1H3,(H,30,33). The van der Waals surface area contributed by atoms with Crippen molar-refractivity contribution in [3.05, 3.63) is 117 Å². The van der Waals surface area contributed by atoms with Gasteiger partial charge in [-0.05, 0) is 36.2 Å². The zero-order valence-corrected chi connectivity index (χ0v) is 18.8. The van der Waals surface area contributed by atoms with Gasteiger partial charge in [-0.3, -0.25) is 14.6 Å². The number of benzene rings is 3. The zero-order chi connectivity index (χ0) is 22.8. The highest BCUT2D eigenvalue weighted by atomic mass is 19.1. The van der Waals surface area contributed by atoms with E-state index in [1.165, 1.54) is 23.3 Å². The molecule has 1 N–H and O–H groups in total. The van der Waals surface area contributed by atoms with Gasteiger partial charge in [0.1, 0.15) is 5.82 Å². The number of aryl methyl sites for hydroxylation is 1. The molecule has 1 saturated heterocycles. The zero-order valence-electron chi connectivity index (χ0n) is 18.8. The van der Waals surface area contributed by atoms with Crippen molar-refractivity contribution in [1.82, 2.24) is 14.8 Å². The molecule has 1 aliphatic heterocycles. The van der Waals surface area contributed by atoms with Crippen LogP contribution in [0.25, 0.3) is 10.9 Å². The summed E-state index contributed by atoms with van der Waals surface area (Å²) in [7, 11) is 0. The number of H-pyrrole nitrogens is 1. The second-order valence-corrected chi connectivity index (χ2v) is 8.78. The first-order valence-corrected chi connectivity index (χ1v) is 11.5. The molecule has 0 spiro atoms. The first-order valence-electron chi connectivity index (χ1n) is 11.5. The lowest BCUT2D eigenvalue weighted by Gasteiger charge is -2.40. The van der Waals surface area contributed by atoms with Crippen LogP contribution in [0.2, 0.25) is 0 Å². The highest BCUT2D eigenvalue weighted by Crippen LogP contribution is 2.29. The smallest absolute Gasteiger partial charge is 0.194 e. The molecule has 1 aromatic heterocycles. The van der Waals surface area contributed by atoms with Crippen LogP contribution in [-0.2, 0) is 6.54 Å². The summed E-state index contributed by atoms with van der Waals surface area (Å²) < 4.78 is 13.7. The molecule has 3 aromatic carbocycles. The second-order valence-electron chi connectivity index (χ2n) is 8.78. The van der Waals surface area contributed by atoms with Crippen LogP contribution in [0.1, 0.15) is 28.4 Å². The Labute approximate surface area is 193 Å². The van der Waals surface area contributed by atoms with Gasteiger partial charge in [-0.15, -0.1) is 0 Å². The number of aromatic amines is 1. The Kier molecular flexibility index (Phi) is 6.07. The lowest BCUT2D eigenvalue weighted by molar-refractivity contribution is 0.104. The molecule has 4 aromatic rings. The Hall–Kier alpha value is -3.28. The maximum atomic E-state index is 13.7. The predicted octanol–water partition coefficient (Wildman–Crippen LogP) is 4.88.